The summed E-state index contributed by atoms with van der Waals surface area (Å²) in [5, 5.41) is 12.2. The van der Waals surface area contributed by atoms with E-state index in [1.54, 1.807) is 30.6 Å². The van der Waals surface area contributed by atoms with E-state index in [4.69, 9.17) is 4.74 Å². The van der Waals surface area contributed by atoms with Crippen molar-refractivity contribution in [2.75, 3.05) is 20.3 Å². The first-order valence-corrected chi connectivity index (χ1v) is 6.36. The summed E-state index contributed by atoms with van der Waals surface area (Å²) >= 11 is 0. The highest BCUT2D eigenvalue weighted by Gasteiger charge is 2.08. The predicted octanol–water partition coefficient (Wildman–Crippen LogP) is 0.757. The van der Waals surface area contributed by atoms with E-state index in [2.05, 4.69) is 15.3 Å². The van der Waals surface area contributed by atoms with Gasteiger partial charge in [-0.25, -0.2) is 0 Å². The molecule has 2 N–H and O–H groups in total. The molecule has 0 fully saturated rings. The Morgan fingerprint density at radius 1 is 1.35 bits per heavy atom. The summed E-state index contributed by atoms with van der Waals surface area (Å²) in [4.78, 5) is 20.3. The summed E-state index contributed by atoms with van der Waals surface area (Å²) < 4.78 is 4.82. The van der Waals surface area contributed by atoms with E-state index in [-0.39, 0.29) is 12.5 Å². The van der Waals surface area contributed by atoms with Gasteiger partial charge in [-0.2, -0.15) is 0 Å². The maximum Gasteiger partial charge on any atom is 0.251 e. The number of hydrogen-bond acceptors (Lipinski definition) is 5. The lowest BCUT2D eigenvalue weighted by molar-refractivity contribution is 0.0587. The average molecular weight is 275 g/mol. The number of carbonyl (C=O) groups excluding carboxylic acids is 1. The summed E-state index contributed by atoms with van der Waals surface area (Å²) in [6.07, 6.45) is 3.08. The molecule has 0 saturated carbocycles. The van der Waals surface area contributed by atoms with Crippen molar-refractivity contribution >= 4 is 16.9 Å². The fourth-order valence-corrected chi connectivity index (χ4v) is 1.83. The minimum atomic E-state index is -0.567. The van der Waals surface area contributed by atoms with Crippen molar-refractivity contribution < 1.29 is 14.6 Å². The molecule has 0 aliphatic carbocycles. The van der Waals surface area contributed by atoms with Crippen molar-refractivity contribution in [3.8, 4) is 0 Å². The van der Waals surface area contributed by atoms with Gasteiger partial charge in [0.1, 0.15) is 0 Å². The lowest BCUT2D eigenvalue weighted by Crippen LogP contribution is -2.28. The number of ether oxygens (including phenoxy) is 1. The molecule has 1 aromatic carbocycles. The number of nitrogens with zero attached hydrogens (tertiary/aromatic N) is 2. The highest BCUT2D eigenvalue weighted by Crippen LogP contribution is 2.10. The third-order valence-electron chi connectivity index (χ3n) is 2.85. The molecule has 106 valence electrons. The Labute approximate surface area is 116 Å². The molecule has 1 amide bonds. The maximum atomic E-state index is 12.0. The topological polar surface area (TPSA) is 84.3 Å². The van der Waals surface area contributed by atoms with E-state index in [0.717, 1.165) is 5.52 Å². The van der Waals surface area contributed by atoms with Gasteiger partial charge in [0.15, 0.2) is 0 Å². The Hall–Kier alpha value is -2.05. The van der Waals surface area contributed by atoms with Crippen molar-refractivity contribution in [1.29, 1.82) is 0 Å². The zero-order chi connectivity index (χ0) is 14.4. The largest absolute Gasteiger partial charge is 0.391 e. The van der Waals surface area contributed by atoms with Gasteiger partial charge in [0.2, 0.25) is 0 Å². The Morgan fingerprint density at radius 2 is 2.10 bits per heavy atom. The molecule has 0 saturated heterocycles. The minimum Gasteiger partial charge on any atom is -0.391 e. The summed E-state index contributed by atoms with van der Waals surface area (Å²) in [6.45, 7) is 0.656. The zero-order valence-electron chi connectivity index (χ0n) is 11.2. The van der Waals surface area contributed by atoms with Crippen LogP contribution in [0.4, 0.5) is 0 Å². The van der Waals surface area contributed by atoms with Crippen LogP contribution in [-0.2, 0) is 4.74 Å². The number of aliphatic hydroxyl groups is 1. The molecule has 1 aromatic heterocycles. The number of amides is 1. The van der Waals surface area contributed by atoms with Gasteiger partial charge in [0.05, 0.1) is 23.7 Å². The minimum absolute atomic E-state index is 0.192. The summed E-state index contributed by atoms with van der Waals surface area (Å²) in [5.41, 5.74) is 1.96. The van der Waals surface area contributed by atoms with E-state index in [1.807, 2.05) is 0 Å². The maximum absolute atomic E-state index is 12.0. The summed E-state index contributed by atoms with van der Waals surface area (Å²) in [7, 11) is 1.53. The first-order chi connectivity index (χ1) is 9.70. The Bertz CT molecular complexity index is 589. The molecule has 0 aliphatic rings. The van der Waals surface area contributed by atoms with Crippen LogP contribution in [0.2, 0.25) is 0 Å². The first kappa shape index (κ1) is 14.4. The average Bonchev–Trinajstić information content (AvgIpc) is 2.47. The van der Waals surface area contributed by atoms with Gasteiger partial charge in [0.25, 0.3) is 5.91 Å². The zero-order valence-corrected chi connectivity index (χ0v) is 11.2. The molecule has 1 heterocycles. The Kier molecular flexibility index (Phi) is 4.97. The van der Waals surface area contributed by atoms with Crippen LogP contribution in [0.1, 0.15) is 16.8 Å². The second kappa shape index (κ2) is 6.93. The van der Waals surface area contributed by atoms with Gasteiger partial charge < -0.3 is 15.2 Å². The van der Waals surface area contributed by atoms with Crippen LogP contribution >= 0.6 is 0 Å². The molecule has 6 nitrogen and oxygen atoms in total. The van der Waals surface area contributed by atoms with E-state index in [9.17, 15) is 9.90 Å². The SMILES string of the molecule is COCC(O)CCNC(=O)c1ccc2nccnc2c1. The summed E-state index contributed by atoms with van der Waals surface area (Å²) in [5.74, 6) is -0.192. The summed E-state index contributed by atoms with van der Waals surface area (Å²) in [6, 6.07) is 5.16. The highest BCUT2D eigenvalue weighted by atomic mass is 16.5. The number of carbonyl (C=O) groups is 1. The normalized spacial score (nSPS) is 12.3. The van der Waals surface area contributed by atoms with Gasteiger partial charge in [-0.15, -0.1) is 0 Å². The van der Waals surface area contributed by atoms with Crippen LogP contribution in [-0.4, -0.2) is 47.3 Å². The van der Waals surface area contributed by atoms with Crippen LogP contribution in [0.15, 0.2) is 30.6 Å². The quantitative estimate of drug-likeness (QED) is 0.813. The van der Waals surface area contributed by atoms with Crippen LogP contribution in [0, 0.1) is 0 Å². The fraction of sp³-hybridized carbons (Fsp3) is 0.357. The second-order valence-electron chi connectivity index (χ2n) is 4.41. The number of aliphatic hydroxyl groups excluding tert-OH is 1. The van der Waals surface area contributed by atoms with Gasteiger partial charge in [-0.1, -0.05) is 0 Å². The second-order valence-corrected chi connectivity index (χ2v) is 4.41. The molecule has 0 spiro atoms. The third-order valence-corrected chi connectivity index (χ3v) is 2.85. The predicted molar refractivity (Wildman–Crippen MR) is 74.4 cm³/mol. The fourth-order valence-electron chi connectivity index (χ4n) is 1.83. The van der Waals surface area contributed by atoms with Crippen molar-refractivity contribution in [2.24, 2.45) is 0 Å². The van der Waals surface area contributed by atoms with Gasteiger partial charge in [-0.3, -0.25) is 14.8 Å². The first-order valence-electron chi connectivity index (χ1n) is 6.36. The smallest absolute Gasteiger partial charge is 0.251 e. The van der Waals surface area contributed by atoms with Crippen LogP contribution in [0.5, 0.6) is 0 Å². The van der Waals surface area contributed by atoms with Crippen molar-refractivity contribution in [2.45, 2.75) is 12.5 Å². The highest BCUT2D eigenvalue weighted by molar-refractivity contribution is 5.97. The molecule has 0 radical (unpaired) electrons. The number of nitrogens with one attached hydrogen (secondary N) is 1. The monoisotopic (exact) mass is 275 g/mol. The van der Waals surface area contributed by atoms with Crippen LogP contribution < -0.4 is 5.32 Å². The Morgan fingerprint density at radius 3 is 2.85 bits per heavy atom. The molecule has 20 heavy (non-hydrogen) atoms. The molecule has 6 heteroatoms. The number of fused-ring (bicyclic) bond motifs is 1. The number of hydrogen-bond donors (Lipinski definition) is 2. The molecule has 1 atom stereocenters. The molecule has 0 bridgehead atoms. The van der Waals surface area contributed by atoms with Crippen LogP contribution in [0.3, 0.4) is 0 Å². The van der Waals surface area contributed by atoms with Crippen molar-refractivity contribution in [3.05, 3.63) is 36.2 Å². The molecular formula is C14H17N3O3. The third kappa shape index (κ3) is 3.72. The van der Waals surface area contributed by atoms with Gasteiger partial charge in [0, 0.05) is 31.6 Å². The number of methoxy groups -OCH3 is 1. The molecule has 2 rings (SSSR count). The van der Waals surface area contributed by atoms with E-state index < -0.39 is 6.10 Å². The lowest BCUT2D eigenvalue weighted by atomic mass is 10.1. The van der Waals surface area contributed by atoms with Gasteiger partial charge >= 0.3 is 0 Å². The molecule has 2 aromatic rings. The molecule has 1 unspecified atom stereocenters. The Balaban J connectivity index is 1.94. The lowest BCUT2D eigenvalue weighted by Gasteiger charge is -2.10. The standard InChI is InChI=1S/C14H17N3O3/c1-20-9-11(18)4-5-17-14(19)10-2-3-12-13(8-10)16-7-6-15-12/h2-3,6-8,11,18H,4-5,9H2,1H3,(H,17,19). The number of benzene rings is 1. The van der Waals surface area contributed by atoms with Crippen molar-refractivity contribution in [3.63, 3.8) is 0 Å². The number of aromatic nitrogens is 2. The number of rotatable bonds is 6. The van der Waals surface area contributed by atoms with E-state index in [1.165, 1.54) is 7.11 Å². The van der Waals surface area contributed by atoms with E-state index >= 15 is 0 Å². The van der Waals surface area contributed by atoms with Crippen LogP contribution in [0.25, 0.3) is 11.0 Å². The molecular weight excluding hydrogens is 258 g/mol. The van der Waals surface area contributed by atoms with E-state index in [0.29, 0.717) is 24.0 Å². The van der Waals surface area contributed by atoms with Gasteiger partial charge in [-0.05, 0) is 24.6 Å². The molecule has 0 aliphatic heterocycles. The van der Waals surface area contributed by atoms with Crippen molar-refractivity contribution in [1.82, 2.24) is 15.3 Å².